The fourth-order valence-electron chi connectivity index (χ4n) is 2.80. The molecule has 0 aromatic carbocycles. The normalized spacial score (nSPS) is 29.8. The van der Waals surface area contributed by atoms with Gasteiger partial charge in [0.25, 0.3) is 5.95 Å². The number of aromatic nitrogens is 2. The van der Waals surface area contributed by atoms with Gasteiger partial charge >= 0.3 is 0 Å². The molecule has 0 radical (unpaired) electrons. The predicted octanol–water partition coefficient (Wildman–Crippen LogP) is 1.53. The van der Waals surface area contributed by atoms with E-state index in [2.05, 4.69) is 27.3 Å². The number of nitrogens with one attached hydrogen (secondary N) is 1. The van der Waals surface area contributed by atoms with Crippen molar-refractivity contribution < 1.29 is 4.52 Å². The molecule has 5 heteroatoms. The maximum atomic E-state index is 5.43. The van der Waals surface area contributed by atoms with Crippen LogP contribution in [0, 0.1) is 0 Å². The van der Waals surface area contributed by atoms with E-state index >= 15 is 0 Å². The second-order valence-corrected chi connectivity index (χ2v) is 5.12. The van der Waals surface area contributed by atoms with Crippen molar-refractivity contribution in [2.24, 2.45) is 0 Å². The van der Waals surface area contributed by atoms with Crippen LogP contribution in [0.1, 0.15) is 44.4 Å². The van der Waals surface area contributed by atoms with Crippen molar-refractivity contribution in [1.82, 2.24) is 15.5 Å². The van der Waals surface area contributed by atoms with Gasteiger partial charge in [-0.05, 0) is 44.3 Å². The third-order valence-corrected chi connectivity index (χ3v) is 3.91. The summed E-state index contributed by atoms with van der Waals surface area (Å²) < 4.78 is 5.43. The van der Waals surface area contributed by atoms with Crippen molar-refractivity contribution in [3.8, 4) is 0 Å². The van der Waals surface area contributed by atoms with Crippen LogP contribution in [0.4, 0.5) is 5.95 Å². The average Bonchev–Trinajstić information content (AvgIpc) is 2.98. The molecular formula is C12H20N4O. The molecule has 3 rings (SSSR count). The molecule has 2 fully saturated rings. The maximum Gasteiger partial charge on any atom is 0.266 e. The zero-order valence-electron chi connectivity index (χ0n) is 10.4. The van der Waals surface area contributed by atoms with Gasteiger partial charge in [0.2, 0.25) is 5.89 Å². The van der Waals surface area contributed by atoms with E-state index in [1.807, 2.05) is 0 Å². The van der Waals surface area contributed by atoms with Gasteiger partial charge in [0, 0.05) is 19.1 Å². The van der Waals surface area contributed by atoms with Crippen LogP contribution in [-0.4, -0.2) is 35.8 Å². The highest BCUT2D eigenvalue weighted by Gasteiger charge is 2.30. The van der Waals surface area contributed by atoms with Crippen LogP contribution in [0.5, 0.6) is 0 Å². The monoisotopic (exact) mass is 236 g/mol. The van der Waals surface area contributed by atoms with Gasteiger partial charge in [0.05, 0.1) is 5.92 Å². The van der Waals surface area contributed by atoms with Crippen molar-refractivity contribution in [2.45, 2.75) is 44.6 Å². The molecule has 0 aliphatic carbocycles. The van der Waals surface area contributed by atoms with Crippen molar-refractivity contribution in [1.29, 1.82) is 0 Å². The number of hydrogen-bond acceptors (Lipinski definition) is 5. The number of rotatable bonds is 2. The Bertz CT molecular complexity index is 372. The third kappa shape index (κ3) is 2.16. The number of piperidine rings is 1. The van der Waals surface area contributed by atoms with Gasteiger partial charge in [-0.25, -0.2) is 0 Å². The second kappa shape index (κ2) is 4.64. The molecule has 1 aromatic heterocycles. The highest BCUT2D eigenvalue weighted by atomic mass is 16.5. The summed E-state index contributed by atoms with van der Waals surface area (Å²) in [7, 11) is 0. The fourth-order valence-corrected chi connectivity index (χ4v) is 2.80. The Kier molecular flexibility index (Phi) is 3.01. The lowest BCUT2D eigenvalue weighted by Gasteiger charge is -2.24. The minimum absolute atomic E-state index is 0.390. The van der Waals surface area contributed by atoms with Crippen LogP contribution in [0.2, 0.25) is 0 Å². The Labute approximate surface area is 102 Å². The van der Waals surface area contributed by atoms with E-state index in [-0.39, 0.29) is 0 Å². The lowest BCUT2D eigenvalue weighted by atomic mass is 10.0. The highest BCUT2D eigenvalue weighted by Crippen LogP contribution is 2.27. The van der Waals surface area contributed by atoms with Crippen LogP contribution in [0.15, 0.2) is 4.52 Å². The first-order chi connectivity index (χ1) is 8.34. The van der Waals surface area contributed by atoms with Crippen molar-refractivity contribution in [3.05, 3.63) is 5.89 Å². The molecule has 2 atom stereocenters. The first-order valence-corrected chi connectivity index (χ1v) is 6.66. The Morgan fingerprint density at radius 2 is 2.12 bits per heavy atom. The van der Waals surface area contributed by atoms with Crippen molar-refractivity contribution >= 4 is 5.95 Å². The molecule has 2 unspecified atom stereocenters. The molecule has 94 valence electrons. The summed E-state index contributed by atoms with van der Waals surface area (Å²) in [6.07, 6.45) is 4.91. The van der Waals surface area contributed by atoms with Gasteiger partial charge in [0.1, 0.15) is 0 Å². The van der Waals surface area contributed by atoms with Crippen molar-refractivity contribution in [2.75, 3.05) is 24.5 Å². The summed E-state index contributed by atoms with van der Waals surface area (Å²) in [6, 6.07) is 0.449. The van der Waals surface area contributed by atoms with E-state index < -0.39 is 0 Å². The minimum atomic E-state index is 0.390. The van der Waals surface area contributed by atoms with E-state index in [0.29, 0.717) is 12.0 Å². The summed E-state index contributed by atoms with van der Waals surface area (Å²) in [6.45, 7) is 5.37. The first kappa shape index (κ1) is 11.0. The SMILES string of the molecule is CC1NCCC1c1nc(N2CCCCC2)no1. The molecule has 0 saturated carbocycles. The molecule has 1 aromatic rings. The quantitative estimate of drug-likeness (QED) is 0.844. The molecule has 1 N–H and O–H groups in total. The molecular weight excluding hydrogens is 216 g/mol. The first-order valence-electron chi connectivity index (χ1n) is 6.66. The largest absolute Gasteiger partial charge is 0.338 e. The van der Waals surface area contributed by atoms with E-state index in [1.165, 1.54) is 19.3 Å². The fraction of sp³-hybridized carbons (Fsp3) is 0.833. The van der Waals surface area contributed by atoms with Gasteiger partial charge in [-0.1, -0.05) is 0 Å². The summed E-state index contributed by atoms with van der Waals surface area (Å²) in [5.41, 5.74) is 0. The lowest BCUT2D eigenvalue weighted by molar-refractivity contribution is 0.344. The van der Waals surface area contributed by atoms with Gasteiger partial charge < -0.3 is 14.7 Å². The summed E-state index contributed by atoms with van der Waals surface area (Å²) in [4.78, 5) is 6.81. The second-order valence-electron chi connectivity index (χ2n) is 5.12. The maximum absolute atomic E-state index is 5.43. The van der Waals surface area contributed by atoms with Crippen LogP contribution in [-0.2, 0) is 0 Å². The van der Waals surface area contributed by atoms with Gasteiger partial charge in [-0.3, -0.25) is 0 Å². The Morgan fingerprint density at radius 3 is 2.82 bits per heavy atom. The van der Waals surface area contributed by atoms with Crippen LogP contribution < -0.4 is 10.2 Å². The molecule has 0 amide bonds. The van der Waals surface area contributed by atoms with Crippen molar-refractivity contribution in [3.63, 3.8) is 0 Å². The molecule has 2 saturated heterocycles. The molecule has 2 aliphatic heterocycles. The average molecular weight is 236 g/mol. The summed E-state index contributed by atoms with van der Waals surface area (Å²) >= 11 is 0. The lowest BCUT2D eigenvalue weighted by Crippen LogP contribution is -2.30. The van der Waals surface area contributed by atoms with Gasteiger partial charge in [0.15, 0.2) is 0 Å². The topological polar surface area (TPSA) is 54.2 Å². The number of hydrogen-bond donors (Lipinski definition) is 1. The Balaban J connectivity index is 1.73. The highest BCUT2D eigenvalue weighted by molar-refractivity contribution is 5.28. The van der Waals surface area contributed by atoms with E-state index in [9.17, 15) is 0 Å². The Morgan fingerprint density at radius 1 is 1.29 bits per heavy atom. The van der Waals surface area contributed by atoms with Gasteiger partial charge in [-0.2, -0.15) is 4.98 Å². The molecule has 5 nitrogen and oxygen atoms in total. The summed E-state index contributed by atoms with van der Waals surface area (Å²) in [5.74, 6) is 1.99. The van der Waals surface area contributed by atoms with Gasteiger partial charge in [-0.15, -0.1) is 0 Å². The number of nitrogens with zero attached hydrogens (tertiary/aromatic N) is 3. The van der Waals surface area contributed by atoms with E-state index in [4.69, 9.17) is 4.52 Å². The Hall–Kier alpha value is -1.10. The zero-order valence-corrected chi connectivity index (χ0v) is 10.4. The van der Waals surface area contributed by atoms with Crippen LogP contribution >= 0.6 is 0 Å². The van der Waals surface area contributed by atoms with Crippen LogP contribution in [0.3, 0.4) is 0 Å². The smallest absolute Gasteiger partial charge is 0.266 e. The molecule has 0 bridgehead atoms. The molecule has 0 spiro atoms. The third-order valence-electron chi connectivity index (χ3n) is 3.91. The van der Waals surface area contributed by atoms with Crippen LogP contribution in [0.25, 0.3) is 0 Å². The predicted molar refractivity (Wildman–Crippen MR) is 65.2 cm³/mol. The van der Waals surface area contributed by atoms with E-state index in [0.717, 1.165) is 37.9 Å². The number of anilines is 1. The molecule has 3 heterocycles. The van der Waals surface area contributed by atoms with E-state index in [1.54, 1.807) is 0 Å². The standard InChI is InChI=1S/C12H20N4O/c1-9-10(5-6-13-9)11-14-12(15-17-11)16-7-3-2-4-8-16/h9-10,13H,2-8H2,1H3. The zero-order chi connectivity index (χ0) is 11.7. The molecule has 2 aliphatic rings. The minimum Gasteiger partial charge on any atom is -0.338 e. The summed E-state index contributed by atoms with van der Waals surface area (Å²) in [5, 5.41) is 7.55. The molecule has 17 heavy (non-hydrogen) atoms.